The van der Waals surface area contributed by atoms with Crippen LogP contribution in [0.15, 0.2) is 12.1 Å². The standard InChI is InChI=1S/C19H28ClN3O2/c1-5-21-8-10-22(11-9-21)18(25)6-7-23(16(4)24)19-15(3)12-14(2)13-17(19)20/h12-13H,5-11H2,1-4H3. The second kappa shape index (κ2) is 8.68. The maximum Gasteiger partial charge on any atom is 0.224 e. The summed E-state index contributed by atoms with van der Waals surface area (Å²) in [7, 11) is 0. The Morgan fingerprint density at radius 2 is 1.80 bits per heavy atom. The number of nitrogens with zero attached hydrogens (tertiary/aromatic N) is 3. The smallest absolute Gasteiger partial charge is 0.224 e. The number of hydrogen-bond acceptors (Lipinski definition) is 3. The van der Waals surface area contributed by atoms with E-state index >= 15 is 0 Å². The summed E-state index contributed by atoms with van der Waals surface area (Å²) >= 11 is 6.37. The minimum atomic E-state index is -0.0996. The van der Waals surface area contributed by atoms with Gasteiger partial charge in [0.15, 0.2) is 0 Å². The van der Waals surface area contributed by atoms with Gasteiger partial charge >= 0.3 is 0 Å². The summed E-state index contributed by atoms with van der Waals surface area (Å²) in [6.45, 7) is 12.3. The maximum atomic E-state index is 12.5. The summed E-state index contributed by atoms with van der Waals surface area (Å²) in [6, 6.07) is 3.86. The van der Waals surface area contributed by atoms with E-state index in [0.717, 1.165) is 43.9 Å². The third-order valence-corrected chi connectivity index (χ3v) is 5.06. The third-order valence-electron chi connectivity index (χ3n) is 4.77. The molecule has 2 rings (SSSR count). The molecule has 6 heteroatoms. The minimum absolute atomic E-state index is 0.0996. The molecular formula is C19H28ClN3O2. The van der Waals surface area contributed by atoms with Crippen molar-refractivity contribution in [3.05, 3.63) is 28.3 Å². The van der Waals surface area contributed by atoms with E-state index in [0.29, 0.717) is 23.7 Å². The highest BCUT2D eigenvalue weighted by atomic mass is 35.5. The van der Waals surface area contributed by atoms with Crippen molar-refractivity contribution in [2.24, 2.45) is 0 Å². The summed E-state index contributed by atoms with van der Waals surface area (Å²) in [5.41, 5.74) is 2.72. The molecule has 1 aromatic rings. The summed E-state index contributed by atoms with van der Waals surface area (Å²) < 4.78 is 0. The highest BCUT2D eigenvalue weighted by molar-refractivity contribution is 6.34. The number of halogens is 1. The van der Waals surface area contributed by atoms with Crippen LogP contribution in [0, 0.1) is 13.8 Å². The predicted octanol–water partition coefficient (Wildman–Crippen LogP) is 2.86. The van der Waals surface area contributed by atoms with Crippen molar-refractivity contribution in [3.63, 3.8) is 0 Å². The minimum Gasteiger partial charge on any atom is -0.340 e. The van der Waals surface area contributed by atoms with Gasteiger partial charge in [0.05, 0.1) is 10.7 Å². The fourth-order valence-corrected chi connectivity index (χ4v) is 3.78. The Morgan fingerprint density at radius 1 is 1.16 bits per heavy atom. The van der Waals surface area contributed by atoms with E-state index in [1.54, 1.807) is 4.90 Å². The van der Waals surface area contributed by atoms with Gasteiger partial charge in [0.1, 0.15) is 0 Å². The van der Waals surface area contributed by atoms with Crippen molar-refractivity contribution in [2.45, 2.75) is 34.1 Å². The zero-order valence-electron chi connectivity index (χ0n) is 15.6. The van der Waals surface area contributed by atoms with E-state index in [1.165, 1.54) is 6.92 Å². The van der Waals surface area contributed by atoms with E-state index in [9.17, 15) is 9.59 Å². The van der Waals surface area contributed by atoms with Gasteiger partial charge in [0, 0.05) is 46.1 Å². The first kappa shape index (κ1) is 19.7. The van der Waals surface area contributed by atoms with Gasteiger partial charge in [-0.2, -0.15) is 0 Å². The van der Waals surface area contributed by atoms with E-state index in [2.05, 4.69) is 11.8 Å². The fourth-order valence-electron chi connectivity index (χ4n) is 3.36. The molecule has 0 atom stereocenters. The molecule has 1 aliphatic rings. The number of rotatable bonds is 5. The second-order valence-electron chi connectivity index (χ2n) is 6.65. The molecule has 1 saturated heterocycles. The van der Waals surface area contributed by atoms with Crippen molar-refractivity contribution < 1.29 is 9.59 Å². The zero-order chi connectivity index (χ0) is 18.6. The second-order valence-corrected chi connectivity index (χ2v) is 7.06. The SMILES string of the molecule is CCN1CCN(C(=O)CCN(C(C)=O)c2c(C)cc(C)cc2Cl)CC1. The van der Waals surface area contributed by atoms with E-state index in [1.807, 2.05) is 30.9 Å². The monoisotopic (exact) mass is 365 g/mol. The van der Waals surface area contributed by atoms with Gasteiger partial charge in [0.25, 0.3) is 0 Å². The first-order chi connectivity index (χ1) is 11.8. The van der Waals surface area contributed by atoms with Gasteiger partial charge in [0.2, 0.25) is 11.8 Å². The Hall–Kier alpha value is -1.59. The highest BCUT2D eigenvalue weighted by Crippen LogP contribution is 2.31. The van der Waals surface area contributed by atoms with Crippen molar-refractivity contribution in [2.75, 3.05) is 44.2 Å². The molecule has 0 spiro atoms. The van der Waals surface area contributed by atoms with Gasteiger partial charge in [-0.3, -0.25) is 9.59 Å². The number of anilines is 1. The van der Waals surface area contributed by atoms with E-state index < -0.39 is 0 Å². The number of benzene rings is 1. The lowest BCUT2D eigenvalue weighted by Gasteiger charge is -2.34. The van der Waals surface area contributed by atoms with Crippen LogP contribution in [0.4, 0.5) is 5.69 Å². The van der Waals surface area contributed by atoms with Crippen molar-refractivity contribution in [1.82, 2.24) is 9.80 Å². The first-order valence-corrected chi connectivity index (χ1v) is 9.26. The first-order valence-electron chi connectivity index (χ1n) is 8.88. The summed E-state index contributed by atoms with van der Waals surface area (Å²) in [5, 5.41) is 0.553. The molecule has 25 heavy (non-hydrogen) atoms. The fraction of sp³-hybridized carbons (Fsp3) is 0.579. The van der Waals surface area contributed by atoms with Crippen LogP contribution in [-0.2, 0) is 9.59 Å². The third kappa shape index (κ3) is 4.95. The van der Waals surface area contributed by atoms with Crippen LogP contribution in [-0.4, -0.2) is 60.9 Å². The zero-order valence-corrected chi connectivity index (χ0v) is 16.4. The van der Waals surface area contributed by atoms with Crippen LogP contribution in [0.3, 0.4) is 0 Å². The number of carbonyl (C=O) groups is 2. The molecule has 5 nitrogen and oxygen atoms in total. The van der Waals surface area contributed by atoms with Crippen molar-refractivity contribution >= 4 is 29.1 Å². The lowest BCUT2D eigenvalue weighted by atomic mass is 10.1. The normalized spacial score (nSPS) is 15.3. The molecule has 0 radical (unpaired) electrons. The van der Waals surface area contributed by atoms with Crippen LogP contribution in [0.1, 0.15) is 31.4 Å². The summed E-state index contributed by atoms with van der Waals surface area (Å²) in [4.78, 5) is 30.5. The molecule has 138 valence electrons. The molecule has 0 aromatic heterocycles. The number of aryl methyl sites for hydroxylation is 2. The molecule has 1 heterocycles. The quantitative estimate of drug-likeness (QED) is 0.805. The Kier molecular flexibility index (Phi) is 6.85. The molecule has 1 aliphatic heterocycles. The molecule has 1 aromatic carbocycles. The maximum absolute atomic E-state index is 12.5. The highest BCUT2D eigenvalue weighted by Gasteiger charge is 2.23. The van der Waals surface area contributed by atoms with Crippen LogP contribution in [0.2, 0.25) is 5.02 Å². The Morgan fingerprint density at radius 3 is 2.32 bits per heavy atom. The number of amides is 2. The van der Waals surface area contributed by atoms with E-state index in [-0.39, 0.29) is 11.8 Å². The lowest BCUT2D eigenvalue weighted by molar-refractivity contribution is -0.132. The van der Waals surface area contributed by atoms with Crippen molar-refractivity contribution in [1.29, 1.82) is 0 Å². The number of likely N-dealkylation sites (N-methyl/N-ethyl adjacent to an activating group) is 1. The molecule has 0 unspecified atom stereocenters. The van der Waals surface area contributed by atoms with E-state index in [4.69, 9.17) is 11.6 Å². The average Bonchev–Trinajstić information content (AvgIpc) is 2.56. The van der Waals surface area contributed by atoms with Gasteiger partial charge in [-0.05, 0) is 37.6 Å². The Bertz CT molecular complexity index is 617. The summed E-state index contributed by atoms with van der Waals surface area (Å²) in [5.74, 6) is 0.000320. The average molecular weight is 366 g/mol. The number of hydrogen-bond donors (Lipinski definition) is 0. The topological polar surface area (TPSA) is 43.9 Å². The molecule has 2 amide bonds. The molecule has 0 bridgehead atoms. The van der Waals surface area contributed by atoms with Crippen LogP contribution in [0.25, 0.3) is 0 Å². The molecule has 0 saturated carbocycles. The van der Waals surface area contributed by atoms with Gasteiger partial charge < -0.3 is 14.7 Å². The number of carbonyl (C=O) groups excluding carboxylic acids is 2. The van der Waals surface area contributed by atoms with Crippen LogP contribution in [0.5, 0.6) is 0 Å². The molecule has 0 aliphatic carbocycles. The lowest BCUT2D eigenvalue weighted by Crippen LogP contribution is -2.49. The van der Waals surface area contributed by atoms with Gasteiger partial charge in [-0.15, -0.1) is 0 Å². The van der Waals surface area contributed by atoms with Gasteiger partial charge in [-0.25, -0.2) is 0 Å². The Labute approximate surface area is 155 Å². The Balaban J connectivity index is 2.04. The van der Waals surface area contributed by atoms with Crippen LogP contribution < -0.4 is 4.90 Å². The van der Waals surface area contributed by atoms with Crippen LogP contribution >= 0.6 is 11.6 Å². The molecule has 0 N–H and O–H groups in total. The summed E-state index contributed by atoms with van der Waals surface area (Å²) in [6.07, 6.45) is 0.315. The number of piperazine rings is 1. The largest absolute Gasteiger partial charge is 0.340 e. The van der Waals surface area contributed by atoms with Gasteiger partial charge in [-0.1, -0.05) is 24.6 Å². The molecular weight excluding hydrogens is 338 g/mol. The van der Waals surface area contributed by atoms with Crippen molar-refractivity contribution in [3.8, 4) is 0 Å². The predicted molar refractivity (Wildman–Crippen MR) is 102 cm³/mol. The molecule has 1 fully saturated rings.